The first-order valence-corrected chi connectivity index (χ1v) is 5.39. The van der Waals surface area contributed by atoms with Crippen molar-refractivity contribution in [3.8, 4) is 0 Å². The number of thioether (sulfide) groups is 1. The van der Waals surface area contributed by atoms with Gasteiger partial charge in [0.2, 0.25) is 5.91 Å². The average Bonchev–Trinajstić information content (AvgIpc) is 1.98. The zero-order valence-corrected chi connectivity index (χ0v) is 9.00. The molecule has 5 heteroatoms. The molecule has 0 fully saturated rings. The summed E-state index contributed by atoms with van der Waals surface area (Å²) in [5, 5.41) is 0. The van der Waals surface area contributed by atoms with Crippen molar-refractivity contribution in [2.75, 3.05) is 25.6 Å². The van der Waals surface area contributed by atoms with Crippen molar-refractivity contribution >= 4 is 34.9 Å². The quantitative estimate of drug-likeness (QED) is 0.665. The third-order valence-electron chi connectivity index (χ3n) is 1.34. The number of hydrogen-bond donors (Lipinski definition) is 1. The minimum absolute atomic E-state index is 0.0946. The summed E-state index contributed by atoms with van der Waals surface area (Å²) in [5.74, 6) is 0.942. The Kier molecular flexibility index (Phi) is 6.10. The molecule has 0 aliphatic carbocycles. The van der Waals surface area contributed by atoms with Crippen molar-refractivity contribution in [3.05, 3.63) is 0 Å². The Morgan fingerprint density at radius 2 is 2.25 bits per heavy atom. The second-order valence-electron chi connectivity index (χ2n) is 2.46. The highest BCUT2D eigenvalue weighted by molar-refractivity contribution is 7.98. The number of rotatable bonds is 5. The lowest BCUT2D eigenvalue weighted by Gasteiger charge is -2.15. The van der Waals surface area contributed by atoms with E-state index in [0.717, 1.165) is 5.75 Å². The smallest absolute Gasteiger partial charge is 0.223 e. The molecule has 0 rings (SSSR count). The minimum atomic E-state index is 0.0946. The molecular weight excluding hydrogens is 192 g/mol. The van der Waals surface area contributed by atoms with E-state index in [-0.39, 0.29) is 5.91 Å². The number of thiocarbonyl (C=S) groups is 1. The molecule has 0 aromatic rings. The van der Waals surface area contributed by atoms with Crippen LogP contribution < -0.4 is 5.73 Å². The van der Waals surface area contributed by atoms with E-state index in [4.69, 9.17) is 5.73 Å². The van der Waals surface area contributed by atoms with E-state index >= 15 is 0 Å². The summed E-state index contributed by atoms with van der Waals surface area (Å²) in [7, 11) is 1.71. The second-order valence-corrected chi connectivity index (χ2v) is 3.97. The van der Waals surface area contributed by atoms with Crippen LogP contribution in [0.4, 0.5) is 0 Å². The second kappa shape index (κ2) is 6.25. The number of nitrogens with two attached hydrogens (primary N) is 1. The molecule has 0 aliphatic rings. The van der Waals surface area contributed by atoms with Crippen LogP contribution in [0.1, 0.15) is 6.42 Å². The zero-order chi connectivity index (χ0) is 9.56. The molecule has 1 amide bonds. The Morgan fingerprint density at radius 1 is 1.67 bits per heavy atom. The van der Waals surface area contributed by atoms with Gasteiger partial charge in [-0.05, 0) is 6.26 Å². The molecule has 3 nitrogen and oxygen atoms in total. The minimum Gasteiger partial charge on any atom is -0.392 e. The lowest BCUT2D eigenvalue weighted by atomic mass is 10.4. The molecule has 0 heterocycles. The molecule has 0 aliphatic heterocycles. The van der Waals surface area contributed by atoms with Crippen molar-refractivity contribution in [2.45, 2.75) is 6.42 Å². The van der Waals surface area contributed by atoms with Gasteiger partial charge in [0.1, 0.15) is 0 Å². The molecule has 0 unspecified atom stereocenters. The van der Waals surface area contributed by atoms with Gasteiger partial charge in [-0.2, -0.15) is 11.8 Å². The summed E-state index contributed by atoms with van der Waals surface area (Å²) in [6.45, 7) is 0.378. The van der Waals surface area contributed by atoms with Crippen molar-refractivity contribution in [3.63, 3.8) is 0 Å². The summed E-state index contributed by atoms with van der Waals surface area (Å²) in [4.78, 5) is 13.1. The van der Waals surface area contributed by atoms with Crippen LogP contribution in [0.5, 0.6) is 0 Å². The van der Waals surface area contributed by atoms with Crippen LogP contribution in [0.15, 0.2) is 0 Å². The predicted octanol–water partition coefficient (Wildman–Crippen LogP) is 0.484. The molecular formula is C7H14N2OS2. The molecule has 0 aromatic heterocycles. The first-order chi connectivity index (χ1) is 5.57. The maximum absolute atomic E-state index is 11.2. The third kappa shape index (κ3) is 5.37. The van der Waals surface area contributed by atoms with Gasteiger partial charge < -0.3 is 10.6 Å². The van der Waals surface area contributed by atoms with E-state index in [0.29, 0.717) is 18.0 Å². The highest BCUT2D eigenvalue weighted by atomic mass is 32.2. The van der Waals surface area contributed by atoms with Gasteiger partial charge in [0.25, 0.3) is 0 Å². The number of hydrogen-bond acceptors (Lipinski definition) is 3. The highest BCUT2D eigenvalue weighted by Crippen LogP contribution is 1.98. The Balaban J connectivity index is 3.69. The van der Waals surface area contributed by atoms with E-state index in [1.807, 2.05) is 6.26 Å². The number of carbonyl (C=O) groups excluding carboxylic acids is 1. The highest BCUT2D eigenvalue weighted by Gasteiger charge is 2.07. The van der Waals surface area contributed by atoms with Crippen molar-refractivity contribution < 1.29 is 4.79 Å². The van der Waals surface area contributed by atoms with Crippen LogP contribution in [-0.4, -0.2) is 41.4 Å². The number of amides is 1. The first kappa shape index (κ1) is 11.7. The molecule has 0 bridgehead atoms. The van der Waals surface area contributed by atoms with E-state index < -0.39 is 0 Å². The van der Waals surface area contributed by atoms with Gasteiger partial charge in [0.15, 0.2) is 0 Å². The Bertz CT molecular complexity index is 173. The van der Waals surface area contributed by atoms with Gasteiger partial charge in [0.05, 0.1) is 11.5 Å². The normalized spacial score (nSPS) is 9.50. The maximum Gasteiger partial charge on any atom is 0.223 e. The van der Waals surface area contributed by atoms with E-state index in [2.05, 4.69) is 12.2 Å². The topological polar surface area (TPSA) is 46.3 Å². The summed E-state index contributed by atoms with van der Waals surface area (Å²) in [6.07, 6.45) is 2.53. The van der Waals surface area contributed by atoms with Crippen LogP contribution in [-0.2, 0) is 4.79 Å². The lowest BCUT2D eigenvalue weighted by Crippen LogP contribution is -2.34. The Morgan fingerprint density at radius 3 is 2.67 bits per heavy atom. The van der Waals surface area contributed by atoms with Crippen LogP contribution in [0.25, 0.3) is 0 Å². The fraction of sp³-hybridized carbons (Fsp3) is 0.714. The van der Waals surface area contributed by atoms with Crippen LogP contribution in [0, 0.1) is 0 Å². The third-order valence-corrected chi connectivity index (χ3v) is 2.08. The van der Waals surface area contributed by atoms with Crippen molar-refractivity contribution in [2.24, 2.45) is 5.73 Å². The zero-order valence-electron chi connectivity index (χ0n) is 7.37. The fourth-order valence-electron chi connectivity index (χ4n) is 0.702. The van der Waals surface area contributed by atoms with Crippen molar-refractivity contribution in [1.29, 1.82) is 0 Å². The van der Waals surface area contributed by atoms with Crippen molar-refractivity contribution in [1.82, 2.24) is 4.90 Å². The molecule has 0 radical (unpaired) electrons. The first-order valence-electron chi connectivity index (χ1n) is 3.59. The van der Waals surface area contributed by atoms with Gasteiger partial charge >= 0.3 is 0 Å². The summed E-state index contributed by atoms with van der Waals surface area (Å²) in [6, 6.07) is 0. The lowest BCUT2D eigenvalue weighted by molar-refractivity contribution is -0.128. The molecule has 0 spiro atoms. The van der Waals surface area contributed by atoms with Crippen LogP contribution in [0.2, 0.25) is 0 Å². The summed E-state index contributed by atoms with van der Waals surface area (Å²) in [5.41, 5.74) is 5.29. The summed E-state index contributed by atoms with van der Waals surface area (Å²) >= 11 is 6.34. The monoisotopic (exact) mass is 206 g/mol. The fourth-order valence-corrected chi connectivity index (χ4v) is 1.27. The number of nitrogens with zero attached hydrogens (tertiary/aromatic N) is 1. The van der Waals surface area contributed by atoms with Gasteiger partial charge in [0, 0.05) is 19.2 Å². The van der Waals surface area contributed by atoms with Gasteiger partial charge in [-0.1, -0.05) is 12.2 Å². The van der Waals surface area contributed by atoms with Gasteiger partial charge in [-0.3, -0.25) is 4.79 Å². The Labute approximate surface area is 82.7 Å². The standard InChI is InChI=1S/C7H14N2OS2/c1-9(5-6(8)11)7(10)3-4-12-2/h3-5H2,1-2H3,(H2,8,11). The Hall–Kier alpha value is -0.290. The van der Waals surface area contributed by atoms with E-state index in [1.54, 1.807) is 23.7 Å². The van der Waals surface area contributed by atoms with E-state index in [9.17, 15) is 4.79 Å². The SMILES string of the molecule is CSCCC(=O)N(C)CC(N)=S. The van der Waals surface area contributed by atoms with Crippen LogP contribution >= 0.6 is 24.0 Å². The average molecular weight is 206 g/mol. The van der Waals surface area contributed by atoms with Gasteiger partial charge in [-0.15, -0.1) is 0 Å². The largest absolute Gasteiger partial charge is 0.392 e. The van der Waals surface area contributed by atoms with Crippen LogP contribution in [0.3, 0.4) is 0 Å². The molecule has 12 heavy (non-hydrogen) atoms. The molecule has 2 N–H and O–H groups in total. The van der Waals surface area contributed by atoms with E-state index in [1.165, 1.54) is 0 Å². The summed E-state index contributed by atoms with van der Waals surface area (Å²) < 4.78 is 0. The molecule has 70 valence electrons. The molecule has 0 aromatic carbocycles. The maximum atomic E-state index is 11.2. The molecule has 0 saturated heterocycles. The predicted molar refractivity (Wildman–Crippen MR) is 57.4 cm³/mol. The molecule has 0 atom stereocenters. The molecule has 0 saturated carbocycles. The van der Waals surface area contributed by atoms with Gasteiger partial charge in [-0.25, -0.2) is 0 Å². The number of likely N-dealkylation sites (N-methyl/N-ethyl adjacent to an activating group) is 1. The number of carbonyl (C=O) groups is 1.